The summed E-state index contributed by atoms with van der Waals surface area (Å²) in [5.74, 6) is 0.803. The lowest BCUT2D eigenvalue weighted by atomic mass is 10.2. The monoisotopic (exact) mass is 212 g/mol. The molecule has 0 radical (unpaired) electrons. The molecule has 1 unspecified atom stereocenters. The highest BCUT2D eigenvalue weighted by atomic mass is 32.1. The summed E-state index contributed by atoms with van der Waals surface area (Å²) in [5.41, 5.74) is 1.05. The van der Waals surface area contributed by atoms with Crippen LogP contribution in [0.2, 0.25) is 0 Å². The van der Waals surface area contributed by atoms with Gasteiger partial charge in [-0.1, -0.05) is 5.16 Å². The predicted molar refractivity (Wildman–Crippen MR) is 55.7 cm³/mol. The van der Waals surface area contributed by atoms with Gasteiger partial charge in [0.15, 0.2) is 0 Å². The quantitative estimate of drug-likeness (QED) is 0.823. The number of nitrogens with one attached hydrogen (secondary N) is 1. The molecule has 14 heavy (non-hydrogen) atoms. The van der Waals surface area contributed by atoms with Crippen LogP contribution in [0.25, 0.3) is 0 Å². The molecule has 2 rings (SSSR count). The summed E-state index contributed by atoms with van der Waals surface area (Å²) >= 11 is 1.37. The van der Waals surface area contributed by atoms with Gasteiger partial charge in [0, 0.05) is 18.0 Å². The van der Waals surface area contributed by atoms with Crippen molar-refractivity contribution in [1.82, 2.24) is 9.36 Å². The number of rotatable bonds is 3. The summed E-state index contributed by atoms with van der Waals surface area (Å²) in [6, 6.07) is 0. The molecule has 0 aliphatic carbocycles. The smallest absolute Gasteiger partial charge is 0.202 e. The first kappa shape index (κ1) is 9.39. The molecule has 0 spiro atoms. The van der Waals surface area contributed by atoms with Crippen molar-refractivity contribution < 1.29 is 4.84 Å². The van der Waals surface area contributed by atoms with E-state index >= 15 is 0 Å². The SMILES string of the molecule is CC1=NOC(CNc2nc(C)ns2)C1. The Morgan fingerprint density at radius 1 is 1.57 bits per heavy atom. The van der Waals surface area contributed by atoms with Crippen molar-refractivity contribution in [3.8, 4) is 0 Å². The van der Waals surface area contributed by atoms with E-state index in [1.165, 1.54) is 11.5 Å². The van der Waals surface area contributed by atoms with Crippen molar-refractivity contribution in [2.75, 3.05) is 11.9 Å². The van der Waals surface area contributed by atoms with Gasteiger partial charge in [-0.2, -0.15) is 4.37 Å². The van der Waals surface area contributed by atoms with Crippen molar-refractivity contribution in [2.24, 2.45) is 5.16 Å². The molecule has 1 aliphatic heterocycles. The number of hydrogen-bond acceptors (Lipinski definition) is 6. The molecule has 0 fully saturated rings. The Morgan fingerprint density at radius 3 is 3.00 bits per heavy atom. The van der Waals surface area contributed by atoms with Crippen molar-refractivity contribution in [2.45, 2.75) is 26.4 Å². The minimum atomic E-state index is 0.138. The van der Waals surface area contributed by atoms with Crippen LogP contribution in [0.5, 0.6) is 0 Å². The van der Waals surface area contributed by atoms with Crippen molar-refractivity contribution >= 4 is 22.4 Å². The zero-order valence-electron chi connectivity index (χ0n) is 8.15. The predicted octanol–water partition coefficient (Wildman–Crippen LogP) is 1.42. The molecule has 5 nitrogen and oxygen atoms in total. The van der Waals surface area contributed by atoms with Crippen LogP contribution in [0.15, 0.2) is 5.16 Å². The van der Waals surface area contributed by atoms with Crippen LogP contribution in [0.4, 0.5) is 5.13 Å². The van der Waals surface area contributed by atoms with Gasteiger partial charge in [-0.3, -0.25) is 0 Å². The third-order valence-corrected chi connectivity index (χ3v) is 2.65. The molecule has 1 N–H and O–H groups in total. The summed E-state index contributed by atoms with van der Waals surface area (Å²) < 4.78 is 4.08. The third-order valence-electron chi connectivity index (χ3n) is 1.89. The van der Waals surface area contributed by atoms with Gasteiger partial charge in [0.25, 0.3) is 0 Å². The molecule has 1 aliphatic rings. The van der Waals surface area contributed by atoms with E-state index in [-0.39, 0.29) is 6.10 Å². The van der Waals surface area contributed by atoms with E-state index in [4.69, 9.17) is 4.84 Å². The van der Waals surface area contributed by atoms with E-state index in [1.807, 2.05) is 13.8 Å². The lowest BCUT2D eigenvalue weighted by Crippen LogP contribution is -2.19. The van der Waals surface area contributed by atoms with Crippen LogP contribution in [-0.2, 0) is 4.84 Å². The fourth-order valence-electron chi connectivity index (χ4n) is 1.25. The van der Waals surface area contributed by atoms with Gasteiger partial charge in [0.2, 0.25) is 5.13 Å². The van der Waals surface area contributed by atoms with E-state index in [9.17, 15) is 0 Å². The second kappa shape index (κ2) is 3.91. The number of anilines is 1. The van der Waals surface area contributed by atoms with E-state index in [0.717, 1.165) is 29.6 Å². The fraction of sp³-hybridized carbons (Fsp3) is 0.625. The van der Waals surface area contributed by atoms with E-state index in [2.05, 4.69) is 19.8 Å². The van der Waals surface area contributed by atoms with Gasteiger partial charge in [-0.05, 0) is 13.8 Å². The average molecular weight is 212 g/mol. The molecular formula is C8H12N4OS. The average Bonchev–Trinajstić information content (AvgIpc) is 2.72. The fourth-order valence-corrected chi connectivity index (χ4v) is 1.83. The summed E-state index contributed by atoms with van der Waals surface area (Å²) in [5, 5.41) is 7.90. The highest BCUT2D eigenvalue weighted by molar-refractivity contribution is 7.09. The topological polar surface area (TPSA) is 59.4 Å². The Kier molecular flexibility index (Phi) is 2.62. The van der Waals surface area contributed by atoms with E-state index in [1.54, 1.807) is 0 Å². The van der Waals surface area contributed by atoms with Crippen molar-refractivity contribution in [3.05, 3.63) is 5.82 Å². The highest BCUT2D eigenvalue weighted by Gasteiger charge is 2.17. The maximum absolute atomic E-state index is 5.18. The summed E-state index contributed by atoms with van der Waals surface area (Å²) in [6.45, 7) is 4.57. The van der Waals surface area contributed by atoms with Crippen LogP contribution in [0, 0.1) is 6.92 Å². The second-order valence-electron chi connectivity index (χ2n) is 3.29. The number of hydrogen-bond donors (Lipinski definition) is 1. The summed E-state index contributed by atoms with van der Waals surface area (Å²) in [6.07, 6.45) is 1.03. The largest absolute Gasteiger partial charge is 0.390 e. The zero-order chi connectivity index (χ0) is 9.97. The molecule has 1 atom stereocenters. The zero-order valence-corrected chi connectivity index (χ0v) is 8.97. The van der Waals surface area contributed by atoms with Crippen LogP contribution >= 0.6 is 11.5 Å². The van der Waals surface area contributed by atoms with Gasteiger partial charge in [0.05, 0.1) is 12.3 Å². The lowest BCUT2D eigenvalue weighted by molar-refractivity contribution is 0.0949. The van der Waals surface area contributed by atoms with Crippen LogP contribution in [0.3, 0.4) is 0 Å². The van der Waals surface area contributed by atoms with Gasteiger partial charge in [-0.25, -0.2) is 4.98 Å². The van der Waals surface area contributed by atoms with E-state index < -0.39 is 0 Å². The lowest BCUT2D eigenvalue weighted by Gasteiger charge is -2.07. The molecular weight excluding hydrogens is 200 g/mol. The van der Waals surface area contributed by atoms with Crippen LogP contribution < -0.4 is 5.32 Å². The summed E-state index contributed by atoms with van der Waals surface area (Å²) in [4.78, 5) is 9.37. The molecule has 1 aromatic heterocycles. The van der Waals surface area contributed by atoms with Gasteiger partial charge < -0.3 is 10.2 Å². The summed E-state index contributed by atoms with van der Waals surface area (Å²) in [7, 11) is 0. The van der Waals surface area contributed by atoms with Crippen LogP contribution in [-0.4, -0.2) is 27.7 Å². The molecule has 1 aromatic rings. The molecule has 6 heteroatoms. The van der Waals surface area contributed by atoms with Gasteiger partial charge in [0.1, 0.15) is 11.9 Å². The molecule has 76 valence electrons. The number of nitrogens with zero attached hydrogens (tertiary/aromatic N) is 3. The van der Waals surface area contributed by atoms with Crippen LogP contribution in [0.1, 0.15) is 19.2 Å². The number of oxime groups is 1. The first-order valence-electron chi connectivity index (χ1n) is 4.47. The minimum Gasteiger partial charge on any atom is -0.390 e. The Labute approximate surface area is 86.3 Å². The third kappa shape index (κ3) is 2.20. The maximum Gasteiger partial charge on any atom is 0.202 e. The molecule has 0 saturated carbocycles. The molecule has 0 saturated heterocycles. The van der Waals surface area contributed by atoms with Crippen molar-refractivity contribution in [1.29, 1.82) is 0 Å². The maximum atomic E-state index is 5.18. The minimum absolute atomic E-state index is 0.138. The Hall–Kier alpha value is -1.17. The molecule has 0 aromatic carbocycles. The number of aryl methyl sites for hydroxylation is 1. The Balaban J connectivity index is 1.78. The van der Waals surface area contributed by atoms with Gasteiger partial charge in [-0.15, -0.1) is 0 Å². The standard InChI is InChI=1S/C8H12N4OS/c1-5-3-7(13-11-5)4-9-8-10-6(2)12-14-8/h7H,3-4H2,1-2H3,(H,9,10,12). The second-order valence-corrected chi connectivity index (χ2v) is 4.04. The molecule has 0 amide bonds. The van der Waals surface area contributed by atoms with Gasteiger partial charge >= 0.3 is 0 Å². The van der Waals surface area contributed by atoms with E-state index in [0.29, 0.717) is 0 Å². The van der Waals surface area contributed by atoms with Crippen molar-refractivity contribution in [3.63, 3.8) is 0 Å². The normalized spacial score (nSPS) is 20.4. The molecule has 0 bridgehead atoms. The molecule has 2 heterocycles. The number of aromatic nitrogens is 2. The Bertz CT molecular complexity index is 349. The first-order chi connectivity index (χ1) is 6.74. The highest BCUT2D eigenvalue weighted by Crippen LogP contribution is 2.13. The Morgan fingerprint density at radius 2 is 2.43 bits per heavy atom. The first-order valence-corrected chi connectivity index (χ1v) is 5.25.